The Morgan fingerprint density at radius 1 is 1.16 bits per heavy atom. The minimum absolute atomic E-state index is 0.140. The monoisotopic (exact) mass is 273 g/mol. The molecule has 0 aliphatic carbocycles. The summed E-state index contributed by atoms with van der Waals surface area (Å²) in [6.07, 6.45) is 0.474. The Bertz CT molecular complexity index is 318. The summed E-state index contributed by atoms with van der Waals surface area (Å²) in [5.74, 6) is -0.840. The van der Waals surface area contributed by atoms with Gasteiger partial charge in [-0.1, -0.05) is 20.8 Å². The first-order chi connectivity index (χ1) is 8.86. The van der Waals surface area contributed by atoms with Crippen molar-refractivity contribution < 1.29 is 19.5 Å². The van der Waals surface area contributed by atoms with E-state index in [0.717, 1.165) is 0 Å². The Morgan fingerprint density at radius 2 is 1.79 bits per heavy atom. The summed E-state index contributed by atoms with van der Waals surface area (Å²) >= 11 is 0. The Balaban J connectivity index is 3.79. The molecule has 0 aromatic rings. The second kappa shape index (κ2) is 9.18. The van der Waals surface area contributed by atoms with Gasteiger partial charge in [0.25, 0.3) is 0 Å². The van der Waals surface area contributed by atoms with Crippen LogP contribution in [0.15, 0.2) is 0 Å². The van der Waals surface area contributed by atoms with Gasteiger partial charge in [0, 0.05) is 19.5 Å². The van der Waals surface area contributed by atoms with Crippen LogP contribution in [0.3, 0.4) is 0 Å². The van der Waals surface area contributed by atoms with Gasteiger partial charge < -0.3 is 21.1 Å². The van der Waals surface area contributed by atoms with Gasteiger partial charge in [0.1, 0.15) is 6.04 Å². The Kier molecular flexibility index (Phi) is 8.32. The first kappa shape index (κ1) is 17.2. The van der Waals surface area contributed by atoms with Gasteiger partial charge >= 0.3 is 12.0 Å². The summed E-state index contributed by atoms with van der Waals surface area (Å²) in [7, 11) is 0. The zero-order valence-electron chi connectivity index (χ0n) is 11.7. The third kappa shape index (κ3) is 8.87. The number of amides is 3. The van der Waals surface area contributed by atoms with Crippen molar-refractivity contribution >= 4 is 17.9 Å². The first-order valence-corrected chi connectivity index (χ1v) is 6.40. The molecule has 0 saturated heterocycles. The van der Waals surface area contributed by atoms with Crippen molar-refractivity contribution in [2.75, 3.05) is 13.1 Å². The lowest BCUT2D eigenvalue weighted by atomic mass is 10.2. The van der Waals surface area contributed by atoms with E-state index in [1.54, 1.807) is 6.92 Å². The highest BCUT2D eigenvalue weighted by Crippen LogP contribution is 1.91. The van der Waals surface area contributed by atoms with E-state index in [1.165, 1.54) is 0 Å². The van der Waals surface area contributed by atoms with Gasteiger partial charge in [0.2, 0.25) is 5.91 Å². The molecule has 0 radical (unpaired) electrons. The van der Waals surface area contributed by atoms with Gasteiger partial charge in [-0.3, -0.25) is 4.79 Å². The molecular weight excluding hydrogens is 250 g/mol. The largest absolute Gasteiger partial charge is 0.480 e. The molecule has 0 aromatic heterocycles. The number of carboxylic acid groups (broad SMARTS) is 1. The number of hydrogen-bond acceptors (Lipinski definition) is 3. The van der Waals surface area contributed by atoms with Crippen molar-refractivity contribution in [1.82, 2.24) is 16.0 Å². The van der Waals surface area contributed by atoms with E-state index in [2.05, 4.69) is 16.0 Å². The fraction of sp³-hybridized carbons (Fsp3) is 0.750. The molecule has 0 spiro atoms. The van der Waals surface area contributed by atoms with E-state index < -0.39 is 18.0 Å². The summed E-state index contributed by atoms with van der Waals surface area (Å²) in [5, 5.41) is 16.2. The molecule has 0 heterocycles. The number of rotatable bonds is 8. The van der Waals surface area contributed by atoms with Crippen LogP contribution < -0.4 is 16.0 Å². The van der Waals surface area contributed by atoms with Crippen molar-refractivity contribution in [3.63, 3.8) is 0 Å². The van der Waals surface area contributed by atoms with Crippen LogP contribution in [0.1, 0.15) is 33.6 Å². The van der Waals surface area contributed by atoms with E-state index in [1.807, 2.05) is 13.8 Å². The van der Waals surface area contributed by atoms with Crippen LogP contribution in [0.2, 0.25) is 0 Å². The quantitative estimate of drug-likeness (QED) is 0.510. The number of carbonyl (C=O) groups excluding carboxylic acids is 2. The molecule has 19 heavy (non-hydrogen) atoms. The van der Waals surface area contributed by atoms with Gasteiger partial charge in [-0.05, 0) is 12.3 Å². The lowest BCUT2D eigenvalue weighted by molar-refractivity contribution is -0.139. The molecule has 0 aliphatic rings. The van der Waals surface area contributed by atoms with E-state index >= 15 is 0 Å². The van der Waals surface area contributed by atoms with Gasteiger partial charge in [-0.25, -0.2) is 9.59 Å². The SMILES string of the molecule is CCC(NC(=O)NCCC(=O)NCC(C)C)C(=O)O. The molecule has 1 unspecified atom stereocenters. The summed E-state index contributed by atoms with van der Waals surface area (Å²) in [5.41, 5.74) is 0. The minimum atomic E-state index is -1.08. The van der Waals surface area contributed by atoms with Crippen molar-refractivity contribution in [1.29, 1.82) is 0 Å². The molecular formula is C12H23N3O4. The van der Waals surface area contributed by atoms with Crippen LogP contribution in [0, 0.1) is 5.92 Å². The van der Waals surface area contributed by atoms with Crippen molar-refractivity contribution in [3.8, 4) is 0 Å². The predicted molar refractivity (Wildman–Crippen MR) is 70.7 cm³/mol. The second-order valence-corrected chi connectivity index (χ2v) is 4.65. The number of carboxylic acids is 1. The average molecular weight is 273 g/mol. The maximum Gasteiger partial charge on any atom is 0.326 e. The van der Waals surface area contributed by atoms with Crippen molar-refractivity contribution in [2.24, 2.45) is 5.92 Å². The van der Waals surface area contributed by atoms with Gasteiger partial charge in [-0.15, -0.1) is 0 Å². The first-order valence-electron chi connectivity index (χ1n) is 6.40. The molecule has 0 saturated carbocycles. The predicted octanol–water partition coefficient (Wildman–Crippen LogP) is 0.311. The minimum Gasteiger partial charge on any atom is -0.480 e. The summed E-state index contributed by atoms with van der Waals surface area (Å²) in [6.45, 7) is 6.41. The van der Waals surface area contributed by atoms with Crippen LogP contribution in [-0.4, -0.2) is 42.1 Å². The maximum absolute atomic E-state index is 11.3. The Labute approximate surface area is 113 Å². The fourth-order valence-electron chi connectivity index (χ4n) is 1.24. The van der Waals surface area contributed by atoms with Gasteiger partial charge in [0.15, 0.2) is 0 Å². The second-order valence-electron chi connectivity index (χ2n) is 4.65. The fourth-order valence-corrected chi connectivity index (χ4v) is 1.24. The van der Waals surface area contributed by atoms with Crippen LogP contribution in [0.4, 0.5) is 4.79 Å². The Morgan fingerprint density at radius 3 is 2.26 bits per heavy atom. The van der Waals surface area contributed by atoms with Crippen LogP contribution in [-0.2, 0) is 9.59 Å². The molecule has 0 bridgehead atoms. The normalized spacial score (nSPS) is 11.8. The molecule has 7 nitrogen and oxygen atoms in total. The summed E-state index contributed by atoms with van der Waals surface area (Å²) in [4.78, 5) is 33.4. The highest BCUT2D eigenvalue weighted by Gasteiger charge is 2.17. The molecule has 0 aliphatic heterocycles. The number of carbonyl (C=O) groups is 3. The topological polar surface area (TPSA) is 108 Å². The van der Waals surface area contributed by atoms with Gasteiger partial charge in [-0.2, -0.15) is 0 Å². The zero-order valence-corrected chi connectivity index (χ0v) is 11.7. The number of nitrogens with one attached hydrogen (secondary N) is 3. The average Bonchev–Trinajstić information content (AvgIpc) is 2.33. The molecule has 0 rings (SSSR count). The lowest BCUT2D eigenvalue weighted by Crippen LogP contribution is -2.46. The van der Waals surface area contributed by atoms with Crippen LogP contribution >= 0.6 is 0 Å². The number of hydrogen-bond donors (Lipinski definition) is 4. The third-order valence-electron chi connectivity index (χ3n) is 2.36. The number of urea groups is 1. The lowest BCUT2D eigenvalue weighted by Gasteiger charge is -2.13. The highest BCUT2D eigenvalue weighted by atomic mass is 16.4. The Hall–Kier alpha value is -1.79. The van der Waals surface area contributed by atoms with Crippen LogP contribution in [0.25, 0.3) is 0 Å². The van der Waals surface area contributed by atoms with Crippen molar-refractivity contribution in [3.05, 3.63) is 0 Å². The van der Waals surface area contributed by atoms with E-state index in [9.17, 15) is 14.4 Å². The molecule has 7 heteroatoms. The zero-order chi connectivity index (χ0) is 14.8. The van der Waals surface area contributed by atoms with Gasteiger partial charge in [0.05, 0.1) is 0 Å². The van der Waals surface area contributed by atoms with E-state index in [0.29, 0.717) is 18.9 Å². The summed E-state index contributed by atoms with van der Waals surface area (Å²) in [6, 6.07) is -1.49. The molecule has 0 aromatic carbocycles. The van der Waals surface area contributed by atoms with E-state index in [-0.39, 0.29) is 18.9 Å². The van der Waals surface area contributed by atoms with E-state index in [4.69, 9.17) is 5.11 Å². The summed E-state index contributed by atoms with van der Waals surface area (Å²) < 4.78 is 0. The smallest absolute Gasteiger partial charge is 0.326 e. The maximum atomic E-state index is 11.3. The molecule has 3 amide bonds. The molecule has 1 atom stereocenters. The third-order valence-corrected chi connectivity index (χ3v) is 2.36. The molecule has 0 fully saturated rings. The number of aliphatic carboxylic acids is 1. The molecule has 4 N–H and O–H groups in total. The highest BCUT2D eigenvalue weighted by molar-refractivity contribution is 5.83. The van der Waals surface area contributed by atoms with Crippen molar-refractivity contribution in [2.45, 2.75) is 39.7 Å². The van der Waals surface area contributed by atoms with Crippen LogP contribution in [0.5, 0.6) is 0 Å². The standard InChI is InChI=1S/C12H23N3O4/c1-4-9(11(17)18)15-12(19)13-6-5-10(16)14-7-8(2)3/h8-9H,4-7H2,1-3H3,(H,14,16)(H,17,18)(H2,13,15,19). The molecule has 110 valence electrons.